The molecule has 1 rings (SSSR count). The van der Waals surface area contributed by atoms with E-state index in [1.165, 1.54) is 5.56 Å². The van der Waals surface area contributed by atoms with Gasteiger partial charge in [-0.1, -0.05) is 13.0 Å². The predicted molar refractivity (Wildman–Crippen MR) is 61.6 cm³/mol. The van der Waals surface area contributed by atoms with Gasteiger partial charge in [-0.15, -0.1) is 0 Å². The van der Waals surface area contributed by atoms with Crippen LogP contribution in [-0.4, -0.2) is 22.7 Å². The molecule has 3 nitrogen and oxygen atoms in total. The van der Waals surface area contributed by atoms with Crippen molar-refractivity contribution in [2.75, 3.05) is 6.54 Å². The fraction of sp³-hybridized carbons (Fsp3) is 0.583. The third-order valence-electron chi connectivity index (χ3n) is 2.58. The van der Waals surface area contributed by atoms with Gasteiger partial charge in [0.25, 0.3) is 0 Å². The van der Waals surface area contributed by atoms with E-state index < -0.39 is 0 Å². The van der Waals surface area contributed by atoms with Crippen molar-refractivity contribution in [3.05, 3.63) is 30.1 Å². The van der Waals surface area contributed by atoms with Gasteiger partial charge in [-0.3, -0.25) is 4.98 Å². The van der Waals surface area contributed by atoms with Crippen molar-refractivity contribution in [3.8, 4) is 0 Å². The Kier molecular flexibility index (Phi) is 5.29. The Morgan fingerprint density at radius 3 is 2.93 bits per heavy atom. The lowest BCUT2D eigenvalue weighted by atomic mass is 10.1. The molecular weight excluding hydrogens is 188 g/mol. The van der Waals surface area contributed by atoms with Crippen LogP contribution in [0.25, 0.3) is 0 Å². The van der Waals surface area contributed by atoms with Gasteiger partial charge in [0.05, 0.1) is 6.10 Å². The molecule has 84 valence electrons. The first kappa shape index (κ1) is 12.1. The zero-order valence-electron chi connectivity index (χ0n) is 9.48. The second-order valence-corrected chi connectivity index (χ2v) is 3.81. The minimum atomic E-state index is -0.182. The van der Waals surface area contributed by atoms with E-state index in [9.17, 15) is 5.11 Å². The molecule has 0 radical (unpaired) electrons. The molecule has 1 heterocycles. The molecule has 0 aromatic carbocycles. The summed E-state index contributed by atoms with van der Waals surface area (Å²) >= 11 is 0. The lowest BCUT2D eigenvalue weighted by Gasteiger charge is -2.15. The number of rotatable bonds is 6. The van der Waals surface area contributed by atoms with E-state index in [1.807, 2.05) is 19.2 Å². The van der Waals surface area contributed by atoms with Crippen LogP contribution in [0.2, 0.25) is 0 Å². The molecular formula is C12H20N2O. The van der Waals surface area contributed by atoms with Crippen molar-refractivity contribution in [1.82, 2.24) is 10.3 Å². The quantitative estimate of drug-likeness (QED) is 0.750. The molecule has 0 fully saturated rings. The van der Waals surface area contributed by atoms with Crippen LogP contribution in [0.5, 0.6) is 0 Å². The van der Waals surface area contributed by atoms with Gasteiger partial charge < -0.3 is 10.4 Å². The number of pyridine rings is 1. The van der Waals surface area contributed by atoms with Gasteiger partial charge in [-0.25, -0.2) is 0 Å². The van der Waals surface area contributed by atoms with Crippen LogP contribution in [0.15, 0.2) is 24.5 Å². The maximum Gasteiger partial charge on any atom is 0.0549 e. The molecule has 0 aliphatic carbocycles. The Balaban J connectivity index is 2.28. The first-order valence-electron chi connectivity index (χ1n) is 5.55. The summed E-state index contributed by atoms with van der Waals surface area (Å²) in [5.41, 5.74) is 1.18. The zero-order valence-corrected chi connectivity index (χ0v) is 9.48. The minimum Gasteiger partial charge on any atom is -0.393 e. The molecule has 2 unspecified atom stereocenters. The molecule has 0 aliphatic rings. The van der Waals surface area contributed by atoms with E-state index in [2.05, 4.69) is 23.3 Å². The van der Waals surface area contributed by atoms with Gasteiger partial charge in [-0.05, 0) is 37.9 Å². The number of aromatic nitrogens is 1. The molecule has 0 aliphatic heterocycles. The highest BCUT2D eigenvalue weighted by Gasteiger charge is 2.05. The molecule has 2 atom stereocenters. The van der Waals surface area contributed by atoms with Crippen LogP contribution < -0.4 is 5.32 Å². The summed E-state index contributed by atoms with van der Waals surface area (Å²) in [6.45, 7) is 4.94. The van der Waals surface area contributed by atoms with Gasteiger partial charge in [0, 0.05) is 18.4 Å². The fourth-order valence-electron chi connectivity index (χ4n) is 1.42. The Hall–Kier alpha value is -0.930. The molecule has 0 saturated heterocycles. The highest BCUT2D eigenvalue weighted by Crippen LogP contribution is 2.09. The highest BCUT2D eigenvalue weighted by molar-refractivity contribution is 5.12. The van der Waals surface area contributed by atoms with Crippen LogP contribution >= 0.6 is 0 Å². The van der Waals surface area contributed by atoms with Gasteiger partial charge in [-0.2, -0.15) is 0 Å². The van der Waals surface area contributed by atoms with E-state index in [4.69, 9.17) is 0 Å². The largest absolute Gasteiger partial charge is 0.393 e. The smallest absolute Gasteiger partial charge is 0.0549 e. The van der Waals surface area contributed by atoms with Crippen LogP contribution in [0.1, 0.15) is 38.3 Å². The third-order valence-corrected chi connectivity index (χ3v) is 2.58. The first-order chi connectivity index (χ1) is 7.24. The van der Waals surface area contributed by atoms with Crippen molar-refractivity contribution < 1.29 is 5.11 Å². The van der Waals surface area contributed by atoms with Crippen LogP contribution in [0.4, 0.5) is 0 Å². The normalized spacial score (nSPS) is 14.9. The number of hydrogen-bond acceptors (Lipinski definition) is 3. The lowest BCUT2D eigenvalue weighted by molar-refractivity contribution is 0.159. The Bertz CT molecular complexity index is 264. The topological polar surface area (TPSA) is 45.1 Å². The van der Waals surface area contributed by atoms with Crippen molar-refractivity contribution in [2.24, 2.45) is 0 Å². The molecule has 3 heteroatoms. The molecule has 0 amide bonds. The Morgan fingerprint density at radius 1 is 1.53 bits per heavy atom. The average Bonchev–Trinajstić information content (AvgIpc) is 2.29. The van der Waals surface area contributed by atoms with Crippen LogP contribution in [-0.2, 0) is 0 Å². The maximum atomic E-state index is 9.39. The molecule has 15 heavy (non-hydrogen) atoms. The summed E-state index contributed by atoms with van der Waals surface area (Å²) < 4.78 is 0. The zero-order chi connectivity index (χ0) is 11.1. The van der Waals surface area contributed by atoms with Crippen molar-refractivity contribution in [2.45, 2.75) is 38.8 Å². The third kappa shape index (κ3) is 4.40. The SMILES string of the molecule is CCC(O)CCNC(C)c1cccnc1. The number of aliphatic hydroxyl groups excluding tert-OH is 1. The molecule has 1 aromatic heterocycles. The molecule has 0 bridgehead atoms. The summed E-state index contributed by atoms with van der Waals surface area (Å²) in [6, 6.07) is 4.29. The van der Waals surface area contributed by atoms with Crippen LogP contribution in [0, 0.1) is 0 Å². The van der Waals surface area contributed by atoms with E-state index in [0.717, 1.165) is 19.4 Å². The van der Waals surface area contributed by atoms with Crippen molar-refractivity contribution >= 4 is 0 Å². The van der Waals surface area contributed by atoms with Crippen molar-refractivity contribution in [3.63, 3.8) is 0 Å². The van der Waals surface area contributed by atoms with E-state index >= 15 is 0 Å². The first-order valence-corrected chi connectivity index (χ1v) is 5.55. The molecule has 2 N–H and O–H groups in total. The second-order valence-electron chi connectivity index (χ2n) is 3.81. The number of aliphatic hydroxyl groups is 1. The van der Waals surface area contributed by atoms with Gasteiger partial charge >= 0.3 is 0 Å². The summed E-state index contributed by atoms with van der Waals surface area (Å²) in [5.74, 6) is 0. The van der Waals surface area contributed by atoms with E-state index in [-0.39, 0.29) is 6.10 Å². The van der Waals surface area contributed by atoms with Gasteiger partial charge in [0.15, 0.2) is 0 Å². The Morgan fingerprint density at radius 2 is 2.33 bits per heavy atom. The predicted octanol–water partition coefficient (Wildman–Crippen LogP) is 1.89. The molecule has 0 spiro atoms. The average molecular weight is 208 g/mol. The van der Waals surface area contributed by atoms with Crippen LogP contribution in [0.3, 0.4) is 0 Å². The second kappa shape index (κ2) is 6.53. The monoisotopic (exact) mass is 208 g/mol. The summed E-state index contributed by atoms with van der Waals surface area (Å²) in [4.78, 5) is 4.08. The van der Waals surface area contributed by atoms with E-state index in [1.54, 1.807) is 6.20 Å². The standard InChI is InChI=1S/C12H20N2O/c1-3-12(15)6-8-14-10(2)11-5-4-7-13-9-11/h4-5,7,9-10,12,14-15H,3,6,8H2,1-2H3. The Labute approximate surface area is 91.5 Å². The van der Waals surface area contributed by atoms with Gasteiger partial charge in [0.2, 0.25) is 0 Å². The minimum absolute atomic E-state index is 0.182. The summed E-state index contributed by atoms with van der Waals surface area (Å²) in [5, 5.41) is 12.8. The van der Waals surface area contributed by atoms with Crippen molar-refractivity contribution in [1.29, 1.82) is 0 Å². The summed E-state index contributed by atoms with van der Waals surface area (Å²) in [6.07, 6.45) is 5.09. The fourth-order valence-corrected chi connectivity index (χ4v) is 1.42. The van der Waals surface area contributed by atoms with E-state index in [0.29, 0.717) is 6.04 Å². The molecule has 1 aromatic rings. The highest BCUT2D eigenvalue weighted by atomic mass is 16.3. The number of nitrogens with zero attached hydrogens (tertiary/aromatic N) is 1. The molecule has 0 saturated carbocycles. The lowest BCUT2D eigenvalue weighted by Crippen LogP contribution is -2.23. The number of hydrogen-bond donors (Lipinski definition) is 2. The van der Waals surface area contributed by atoms with Gasteiger partial charge in [0.1, 0.15) is 0 Å². The maximum absolute atomic E-state index is 9.39. The number of nitrogens with one attached hydrogen (secondary N) is 1. The summed E-state index contributed by atoms with van der Waals surface area (Å²) in [7, 11) is 0.